The number of esters is 2. The molecule has 2 aliphatic heterocycles. The normalized spacial score (nSPS) is 17.8. The maximum Gasteiger partial charge on any atom is 0.338 e. The number of hydrogen-bond acceptors (Lipinski definition) is 18. The van der Waals surface area contributed by atoms with Crippen LogP contribution in [0, 0.1) is 6.92 Å². The minimum atomic E-state index is -1.58. The topological polar surface area (TPSA) is 311 Å². The Bertz CT molecular complexity index is 2920. The molecule has 0 aromatic heterocycles. The molecular weight excluding hydrogens is 816 g/mol. The van der Waals surface area contributed by atoms with Crippen molar-refractivity contribution in [3.63, 3.8) is 0 Å². The van der Waals surface area contributed by atoms with Gasteiger partial charge in [0.25, 0.3) is 0 Å². The summed E-state index contributed by atoms with van der Waals surface area (Å²) in [7, 11) is 0. The third-order valence-corrected chi connectivity index (χ3v) is 10.6. The molecule has 2 aliphatic rings. The Morgan fingerprint density at radius 2 is 1.10 bits per heavy atom. The van der Waals surface area contributed by atoms with E-state index in [-0.39, 0.29) is 68.9 Å². The average Bonchev–Trinajstić information content (AvgIpc) is 3.34. The summed E-state index contributed by atoms with van der Waals surface area (Å²) in [5, 5.41) is 115. The fourth-order valence-corrected chi connectivity index (χ4v) is 7.63. The van der Waals surface area contributed by atoms with Crippen LogP contribution in [0.1, 0.15) is 60.7 Å². The number of hydrogen-bond donors (Lipinski definition) is 11. The zero-order chi connectivity index (χ0) is 44.5. The van der Waals surface area contributed by atoms with Gasteiger partial charge in [0, 0.05) is 65.4 Å². The lowest BCUT2D eigenvalue weighted by atomic mass is 9.90. The zero-order valence-corrected chi connectivity index (χ0v) is 31.9. The van der Waals surface area contributed by atoms with E-state index < -0.39 is 110 Å². The second-order valence-electron chi connectivity index (χ2n) is 14.7. The lowest BCUT2D eigenvalue weighted by Crippen LogP contribution is -2.35. The number of ether oxygens (including phenoxy) is 4. The number of fused-ring (bicyclic) bond motifs is 3. The number of aromatic hydroxyl groups is 11. The Labute approximate surface area is 347 Å². The number of phenolic OH excluding ortho intramolecular Hbond substituents is 10. The quantitative estimate of drug-likeness (QED) is 0.0769. The summed E-state index contributed by atoms with van der Waals surface area (Å²) < 4.78 is 24.0. The van der Waals surface area contributed by atoms with Crippen molar-refractivity contribution in [2.24, 2.45) is 0 Å². The number of aryl methyl sites for hydroxylation is 1. The van der Waals surface area contributed by atoms with Gasteiger partial charge in [-0.15, -0.1) is 0 Å². The van der Waals surface area contributed by atoms with Crippen molar-refractivity contribution in [1.29, 1.82) is 0 Å². The van der Waals surface area contributed by atoms with Crippen molar-refractivity contribution in [3.05, 3.63) is 122 Å². The van der Waals surface area contributed by atoms with Gasteiger partial charge in [0.2, 0.25) is 5.43 Å². The van der Waals surface area contributed by atoms with Crippen molar-refractivity contribution >= 4 is 22.7 Å². The predicted octanol–water partition coefficient (Wildman–Crippen LogP) is 5.07. The van der Waals surface area contributed by atoms with E-state index in [2.05, 4.69) is 0 Å². The second kappa shape index (κ2) is 15.0. The molecule has 0 fully saturated rings. The first-order valence-corrected chi connectivity index (χ1v) is 18.5. The summed E-state index contributed by atoms with van der Waals surface area (Å²) in [5.74, 6) is -9.32. The molecule has 6 aromatic carbocycles. The highest BCUT2D eigenvalue weighted by Crippen LogP contribution is 2.49. The number of phenols is 10. The molecule has 0 radical (unpaired) electrons. The monoisotopic (exact) mass is 850 g/mol. The Balaban J connectivity index is 1.25. The van der Waals surface area contributed by atoms with Gasteiger partial charge in [-0.3, -0.25) is 4.79 Å². The summed E-state index contributed by atoms with van der Waals surface area (Å²) in [5.41, 5.74) is -1.79. The summed E-state index contributed by atoms with van der Waals surface area (Å²) in [4.78, 5) is 41.4. The number of carbonyl (C=O) groups is 2. The minimum Gasteiger partial charge on any atom is -0.508 e. The third-order valence-electron chi connectivity index (χ3n) is 10.6. The Kier molecular flexibility index (Phi) is 9.77. The largest absolute Gasteiger partial charge is 0.508 e. The smallest absolute Gasteiger partial charge is 0.338 e. The van der Waals surface area contributed by atoms with E-state index in [4.69, 9.17) is 18.9 Å². The second-order valence-corrected chi connectivity index (χ2v) is 14.7. The molecule has 6 aromatic rings. The summed E-state index contributed by atoms with van der Waals surface area (Å²) in [6.07, 6.45) is -6.25. The molecule has 18 heteroatoms. The molecule has 11 N–H and O–H groups in total. The number of carbonyl (C=O) groups excluding carboxylic acids is 2. The summed E-state index contributed by atoms with van der Waals surface area (Å²) >= 11 is 0. The van der Waals surface area contributed by atoms with Gasteiger partial charge in [-0.25, -0.2) is 9.59 Å². The van der Waals surface area contributed by atoms with E-state index in [1.807, 2.05) is 0 Å². The van der Waals surface area contributed by atoms with E-state index in [9.17, 15) is 70.6 Å². The van der Waals surface area contributed by atoms with Crippen LogP contribution in [-0.2, 0) is 22.3 Å². The van der Waals surface area contributed by atoms with Crippen LogP contribution >= 0.6 is 0 Å². The SMILES string of the molecule is Cc1cc(C(=O)O[C@@H]2Cc3c(O)cc(O)cc3OC2c2cc(O)c(O)c3c(O)c(=O)cc(C(=O)OC4Cc5c(O)cc(O)cc5O[C@@H]4c4ccc(O)c(O)c4)cc23)cc(O)c1O. The van der Waals surface area contributed by atoms with Crippen LogP contribution < -0.4 is 14.9 Å². The molecule has 0 saturated heterocycles. The molecule has 0 aliphatic carbocycles. The third kappa shape index (κ3) is 7.08. The summed E-state index contributed by atoms with van der Waals surface area (Å²) in [6.45, 7) is 1.41. The highest BCUT2D eigenvalue weighted by molar-refractivity contribution is 6.01. The van der Waals surface area contributed by atoms with E-state index in [0.717, 1.165) is 48.5 Å². The van der Waals surface area contributed by atoms with E-state index in [1.165, 1.54) is 25.1 Å². The molecule has 0 bridgehead atoms. The van der Waals surface area contributed by atoms with Gasteiger partial charge in [-0.2, -0.15) is 0 Å². The van der Waals surface area contributed by atoms with Crippen LogP contribution in [0.2, 0.25) is 0 Å². The van der Waals surface area contributed by atoms with Crippen molar-refractivity contribution in [1.82, 2.24) is 0 Å². The van der Waals surface area contributed by atoms with Crippen molar-refractivity contribution in [2.45, 2.75) is 44.2 Å². The predicted molar refractivity (Wildman–Crippen MR) is 212 cm³/mol. The van der Waals surface area contributed by atoms with Gasteiger partial charge in [0.1, 0.15) is 46.7 Å². The molecule has 62 heavy (non-hydrogen) atoms. The first-order valence-electron chi connectivity index (χ1n) is 18.5. The first-order chi connectivity index (χ1) is 29.4. The van der Waals surface area contributed by atoms with Gasteiger partial charge in [-0.05, 0) is 54.3 Å². The van der Waals surface area contributed by atoms with Crippen LogP contribution in [0.5, 0.6) is 74.7 Å². The molecule has 8 rings (SSSR count). The molecule has 18 nitrogen and oxygen atoms in total. The van der Waals surface area contributed by atoms with Gasteiger partial charge in [0.15, 0.2) is 52.5 Å². The highest BCUT2D eigenvalue weighted by atomic mass is 16.6. The minimum absolute atomic E-state index is 0.000504. The molecule has 4 atom stereocenters. The number of rotatable bonds is 6. The lowest BCUT2D eigenvalue weighted by molar-refractivity contribution is -0.0188. The van der Waals surface area contributed by atoms with Crippen LogP contribution in [-0.4, -0.2) is 80.3 Å². The van der Waals surface area contributed by atoms with Crippen molar-refractivity contribution in [2.75, 3.05) is 0 Å². The molecule has 0 amide bonds. The highest BCUT2D eigenvalue weighted by Gasteiger charge is 2.40. The molecule has 2 unspecified atom stereocenters. The molecule has 0 saturated carbocycles. The van der Waals surface area contributed by atoms with E-state index >= 15 is 0 Å². The fourth-order valence-electron chi connectivity index (χ4n) is 7.63. The van der Waals surface area contributed by atoms with Crippen LogP contribution in [0.3, 0.4) is 0 Å². The number of benzene rings is 5. The van der Waals surface area contributed by atoms with Gasteiger partial charge < -0.3 is 75.1 Å². The Hall–Kier alpha value is -8.41. The van der Waals surface area contributed by atoms with Gasteiger partial charge >= 0.3 is 11.9 Å². The Morgan fingerprint density at radius 3 is 1.68 bits per heavy atom. The lowest BCUT2D eigenvalue weighted by Gasteiger charge is -2.34. The molecular formula is C44H34O18. The van der Waals surface area contributed by atoms with Crippen molar-refractivity contribution in [3.8, 4) is 74.7 Å². The van der Waals surface area contributed by atoms with Gasteiger partial charge in [0.05, 0.1) is 16.5 Å². The van der Waals surface area contributed by atoms with Crippen molar-refractivity contribution < 1.29 is 84.7 Å². The molecule has 318 valence electrons. The molecule has 0 spiro atoms. The zero-order valence-electron chi connectivity index (χ0n) is 31.9. The fraction of sp³-hybridized carbons (Fsp3) is 0.159. The first kappa shape index (κ1) is 40.4. The van der Waals surface area contributed by atoms with Gasteiger partial charge in [-0.1, -0.05) is 6.07 Å². The maximum atomic E-state index is 14.2. The maximum absolute atomic E-state index is 14.2. The standard InChI is InChI=1S/C44H34O18/c1-16-4-18(7-30(51)38(16)54)43(57)62-36-15-25-28(49)10-21(46)12-34(25)60-42(36)23-13-32(53)40(56)37-22(23)5-19(8-31(52)39(37)55)44(58)61-35-14-24-27(48)9-20(45)11-33(24)59-41(35)17-2-3-26(47)29(50)6-17/h2-13,35-36,41-42,45-51,53-54,56H,14-15H2,1H3,(H,52,55)/t35?,36-,41-,42?/m1/s1. The summed E-state index contributed by atoms with van der Waals surface area (Å²) in [6, 6.07) is 12.8. The van der Waals surface area contributed by atoms with Crippen LogP contribution in [0.15, 0.2) is 77.6 Å². The molecule has 2 heterocycles. The average molecular weight is 851 g/mol. The van der Waals surface area contributed by atoms with Crippen LogP contribution in [0.25, 0.3) is 10.8 Å². The van der Waals surface area contributed by atoms with E-state index in [0.29, 0.717) is 6.07 Å². The Morgan fingerprint density at radius 1 is 0.548 bits per heavy atom. The van der Waals surface area contributed by atoms with E-state index in [1.54, 1.807) is 0 Å². The van der Waals surface area contributed by atoms with Crippen LogP contribution in [0.4, 0.5) is 0 Å².